The molecule has 2 bridgehead atoms. The second-order valence-corrected chi connectivity index (χ2v) is 13.6. The molecular formula is C20H24Br3NO3S. The predicted molar refractivity (Wildman–Crippen MR) is 123 cm³/mol. The van der Waals surface area contributed by atoms with Crippen molar-refractivity contribution >= 4 is 76.0 Å². The fourth-order valence-electron chi connectivity index (χ4n) is 5.82. The minimum absolute atomic E-state index is 0.0126. The van der Waals surface area contributed by atoms with Crippen molar-refractivity contribution in [1.82, 2.24) is 0 Å². The number of carbonyl (C=O) groups is 2. The highest BCUT2D eigenvalue weighted by atomic mass is 79.9. The molecule has 5 rings (SSSR count). The van der Waals surface area contributed by atoms with Crippen molar-refractivity contribution in [2.24, 2.45) is 16.2 Å². The Morgan fingerprint density at radius 1 is 1.29 bits per heavy atom. The van der Waals surface area contributed by atoms with Crippen LogP contribution in [0.2, 0.25) is 0 Å². The number of hydrogen-bond acceptors (Lipinski definition) is 4. The Balaban J connectivity index is 1.67. The van der Waals surface area contributed by atoms with E-state index in [1.807, 2.05) is 6.92 Å². The Hall–Kier alpha value is 0.0800. The Labute approximate surface area is 194 Å². The van der Waals surface area contributed by atoms with Crippen molar-refractivity contribution in [2.75, 3.05) is 11.9 Å². The summed E-state index contributed by atoms with van der Waals surface area (Å²) in [6.07, 6.45) is 4.71. The van der Waals surface area contributed by atoms with Crippen molar-refractivity contribution in [1.29, 1.82) is 0 Å². The first-order valence-electron chi connectivity index (χ1n) is 9.70. The van der Waals surface area contributed by atoms with Crippen LogP contribution in [0.1, 0.15) is 60.8 Å². The first kappa shape index (κ1) is 21.3. The lowest BCUT2D eigenvalue weighted by atomic mass is 9.43. The van der Waals surface area contributed by atoms with E-state index in [0.717, 1.165) is 37.7 Å². The quantitative estimate of drug-likeness (QED) is 0.333. The highest BCUT2D eigenvalue weighted by molar-refractivity contribution is 9.24. The summed E-state index contributed by atoms with van der Waals surface area (Å²) in [5.74, 6) is -0.307. The number of alkyl halides is 3. The number of fused-ring (bicyclic) bond motifs is 2. The number of aryl methyl sites for hydroxylation is 1. The molecule has 0 spiro atoms. The number of nitrogens with one attached hydrogen (secondary N) is 1. The zero-order valence-electron chi connectivity index (χ0n) is 16.2. The minimum atomic E-state index is -0.493. The molecule has 1 amide bonds. The molecule has 4 aliphatic carbocycles. The number of rotatable bonds is 5. The molecule has 3 fully saturated rings. The molecule has 0 saturated heterocycles. The van der Waals surface area contributed by atoms with E-state index in [0.29, 0.717) is 17.2 Å². The van der Waals surface area contributed by atoms with Crippen LogP contribution < -0.4 is 5.32 Å². The van der Waals surface area contributed by atoms with Crippen LogP contribution in [-0.4, -0.2) is 27.0 Å². The zero-order chi connectivity index (χ0) is 20.5. The molecule has 3 saturated carbocycles. The van der Waals surface area contributed by atoms with Crippen LogP contribution in [0.25, 0.3) is 0 Å². The number of esters is 1. The lowest BCUT2D eigenvalue weighted by Crippen LogP contribution is -2.71. The van der Waals surface area contributed by atoms with Gasteiger partial charge in [-0.2, -0.15) is 0 Å². The molecule has 0 aromatic carbocycles. The zero-order valence-corrected chi connectivity index (χ0v) is 21.7. The van der Waals surface area contributed by atoms with Gasteiger partial charge in [0.15, 0.2) is 0 Å². The molecule has 0 aliphatic heterocycles. The summed E-state index contributed by atoms with van der Waals surface area (Å²) < 4.78 is 5.43. The first-order valence-corrected chi connectivity index (χ1v) is 13.3. The third-order valence-corrected chi connectivity index (χ3v) is 12.0. The van der Waals surface area contributed by atoms with E-state index in [1.165, 1.54) is 4.88 Å². The summed E-state index contributed by atoms with van der Waals surface area (Å²) in [6, 6.07) is 0. The molecule has 4 aliphatic rings. The fraction of sp³-hybridized carbons (Fsp3) is 0.700. The van der Waals surface area contributed by atoms with Crippen molar-refractivity contribution in [3.8, 4) is 0 Å². The summed E-state index contributed by atoms with van der Waals surface area (Å²) in [4.78, 5) is 27.5. The van der Waals surface area contributed by atoms with E-state index in [4.69, 9.17) is 4.74 Å². The van der Waals surface area contributed by atoms with Gasteiger partial charge in [-0.25, -0.2) is 4.79 Å². The van der Waals surface area contributed by atoms with Crippen LogP contribution >= 0.6 is 59.1 Å². The summed E-state index contributed by atoms with van der Waals surface area (Å²) in [6.45, 7) is 6.52. The summed E-state index contributed by atoms with van der Waals surface area (Å²) in [7, 11) is 0. The molecule has 3 atom stereocenters. The molecule has 1 aromatic heterocycles. The highest BCUT2D eigenvalue weighted by Crippen LogP contribution is 2.82. The van der Waals surface area contributed by atoms with Crippen molar-refractivity contribution in [3.63, 3.8) is 0 Å². The molecular weight excluding hydrogens is 574 g/mol. The van der Waals surface area contributed by atoms with Crippen molar-refractivity contribution in [3.05, 3.63) is 16.0 Å². The van der Waals surface area contributed by atoms with E-state index in [2.05, 4.69) is 67.0 Å². The van der Waals surface area contributed by atoms with Gasteiger partial charge in [0, 0.05) is 15.1 Å². The van der Waals surface area contributed by atoms with Gasteiger partial charge in [-0.3, -0.25) is 4.79 Å². The van der Waals surface area contributed by atoms with Crippen molar-refractivity contribution < 1.29 is 14.3 Å². The number of anilines is 1. The number of hydrogen-bond donors (Lipinski definition) is 1. The van der Waals surface area contributed by atoms with Gasteiger partial charge in [0.1, 0.15) is 5.00 Å². The van der Waals surface area contributed by atoms with Crippen LogP contribution in [0, 0.1) is 16.2 Å². The number of carbonyl (C=O) groups excluding carboxylic acids is 2. The van der Waals surface area contributed by atoms with E-state index in [9.17, 15) is 9.59 Å². The van der Waals surface area contributed by atoms with Gasteiger partial charge in [-0.05, 0) is 50.0 Å². The molecule has 1 N–H and O–H groups in total. The van der Waals surface area contributed by atoms with Gasteiger partial charge in [0.25, 0.3) is 0 Å². The second-order valence-electron chi connectivity index (χ2n) is 8.54. The number of halogens is 3. The van der Waals surface area contributed by atoms with Gasteiger partial charge < -0.3 is 10.1 Å². The second kappa shape index (κ2) is 7.06. The largest absolute Gasteiger partial charge is 0.462 e. The van der Waals surface area contributed by atoms with Gasteiger partial charge in [-0.15, -0.1) is 11.3 Å². The fourth-order valence-corrected chi connectivity index (χ4v) is 12.0. The SMILES string of the molecule is CCOC(=O)c1c(NC(=O)C23CCC(C(Br)Br)(C2Br)C3(C)C)sc2c1CCC2. The summed E-state index contributed by atoms with van der Waals surface area (Å²) in [5.41, 5.74) is 0.954. The Morgan fingerprint density at radius 2 is 2.00 bits per heavy atom. The van der Waals surface area contributed by atoms with Crippen LogP contribution in [0.4, 0.5) is 5.00 Å². The number of ether oxygens (including phenoxy) is 1. The van der Waals surface area contributed by atoms with E-state index < -0.39 is 5.41 Å². The maximum atomic E-state index is 13.6. The number of amides is 1. The first-order chi connectivity index (χ1) is 13.1. The maximum absolute atomic E-state index is 13.6. The number of thiophene rings is 1. The summed E-state index contributed by atoms with van der Waals surface area (Å²) in [5, 5.41) is 3.82. The maximum Gasteiger partial charge on any atom is 0.341 e. The predicted octanol–water partition coefficient (Wildman–Crippen LogP) is 6.04. The third kappa shape index (κ3) is 2.43. The molecule has 1 aromatic rings. The average Bonchev–Trinajstić information content (AvgIpc) is 3.31. The Bertz CT molecular complexity index is 852. The Kier molecular flexibility index (Phi) is 5.37. The molecule has 154 valence electrons. The molecule has 4 nitrogen and oxygen atoms in total. The monoisotopic (exact) mass is 595 g/mol. The lowest BCUT2D eigenvalue weighted by molar-refractivity contribution is -0.155. The van der Waals surface area contributed by atoms with Crippen LogP contribution in [0.5, 0.6) is 0 Å². The normalized spacial score (nSPS) is 32.2. The van der Waals surface area contributed by atoms with Crippen molar-refractivity contribution in [2.45, 2.75) is 61.4 Å². The lowest BCUT2D eigenvalue weighted by Gasteiger charge is -2.66. The topological polar surface area (TPSA) is 55.4 Å². The molecule has 28 heavy (non-hydrogen) atoms. The van der Waals surface area contributed by atoms with Gasteiger partial charge >= 0.3 is 5.97 Å². The van der Waals surface area contributed by atoms with Gasteiger partial charge in [-0.1, -0.05) is 61.6 Å². The van der Waals surface area contributed by atoms with E-state index in [-0.39, 0.29) is 31.3 Å². The standard InChI is InChI=1S/C20H24Br3NO3S/c1-4-27-14(25)12-10-6-5-7-11(10)28-13(12)24-17(26)20-9-8-19(15(20)21,16(22)23)18(20,2)3/h15-16H,4-9H2,1-3H3,(H,24,26). The van der Waals surface area contributed by atoms with Crippen LogP contribution in [-0.2, 0) is 22.4 Å². The average molecular weight is 598 g/mol. The highest BCUT2D eigenvalue weighted by Gasteiger charge is 2.83. The third-order valence-electron chi connectivity index (χ3n) is 7.52. The van der Waals surface area contributed by atoms with Crippen LogP contribution in [0.15, 0.2) is 0 Å². The van der Waals surface area contributed by atoms with E-state index in [1.54, 1.807) is 11.3 Å². The minimum Gasteiger partial charge on any atom is -0.462 e. The van der Waals surface area contributed by atoms with Crippen LogP contribution in [0.3, 0.4) is 0 Å². The molecule has 3 unspecified atom stereocenters. The Morgan fingerprint density at radius 3 is 2.57 bits per heavy atom. The van der Waals surface area contributed by atoms with Gasteiger partial charge in [0.05, 0.1) is 21.3 Å². The van der Waals surface area contributed by atoms with Gasteiger partial charge in [0.2, 0.25) is 5.91 Å². The smallest absolute Gasteiger partial charge is 0.341 e. The van der Waals surface area contributed by atoms with E-state index >= 15 is 0 Å². The summed E-state index contributed by atoms with van der Waals surface area (Å²) >= 11 is 12.9. The molecule has 1 heterocycles. The molecule has 8 heteroatoms. The molecule has 0 radical (unpaired) electrons.